The van der Waals surface area contributed by atoms with Crippen molar-refractivity contribution in [1.29, 1.82) is 0 Å². The smallest absolute Gasteiger partial charge is 0.408 e. The number of alkyl carbamates (subject to hydrolysis) is 1. The number of hydrogen-bond donors (Lipinski definition) is 3. The van der Waals surface area contributed by atoms with Crippen molar-refractivity contribution in [2.45, 2.75) is 31.9 Å². The van der Waals surface area contributed by atoms with Crippen LogP contribution in [0.2, 0.25) is 0 Å². The van der Waals surface area contributed by atoms with Crippen LogP contribution in [0.25, 0.3) is 0 Å². The average molecular weight is 294 g/mol. The Balaban J connectivity index is 2.33. The molecular formula is C15H22N2O4. The van der Waals surface area contributed by atoms with E-state index in [1.54, 1.807) is 0 Å². The number of carbonyl (C=O) groups excluding carboxylic acids is 1. The average Bonchev–Trinajstić information content (AvgIpc) is 2.49. The number of nitrogens with one attached hydrogen (secondary N) is 2. The van der Waals surface area contributed by atoms with Gasteiger partial charge in [-0.3, -0.25) is 0 Å². The largest absolute Gasteiger partial charge is 0.480 e. The summed E-state index contributed by atoms with van der Waals surface area (Å²) in [5.74, 6) is -1.05. The maximum Gasteiger partial charge on any atom is 0.408 e. The number of rotatable bonds is 9. The third-order valence-corrected chi connectivity index (χ3v) is 2.97. The lowest BCUT2D eigenvalue weighted by atomic mass is 10.1. The predicted molar refractivity (Wildman–Crippen MR) is 79.0 cm³/mol. The van der Waals surface area contributed by atoms with E-state index in [-0.39, 0.29) is 6.61 Å². The van der Waals surface area contributed by atoms with E-state index in [1.807, 2.05) is 37.4 Å². The topological polar surface area (TPSA) is 87.7 Å². The third kappa shape index (κ3) is 7.31. The monoisotopic (exact) mass is 294 g/mol. The van der Waals surface area contributed by atoms with Gasteiger partial charge in [-0.15, -0.1) is 0 Å². The van der Waals surface area contributed by atoms with E-state index in [0.717, 1.165) is 24.9 Å². The van der Waals surface area contributed by atoms with E-state index in [9.17, 15) is 9.59 Å². The van der Waals surface area contributed by atoms with Crippen LogP contribution in [0.4, 0.5) is 4.79 Å². The van der Waals surface area contributed by atoms with Crippen molar-refractivity contribution in [3.8, 4) is 0 Å². The van der Waals surface area contributed by atoms with Crippen LogP contribution in [0.5, 0.6) is 0 Å². The molecule has 1 atom stereocenters. The van der Waals surface area contributed by atoms with Crippen LogP contribution in [-0.2, 0) is 16.1 Å². The highest BCUT2D eigenvalue weighted by atomic mass is 16.5. The second-order valence-electron chi connectivity index (χ2n) is 4.70. The maximum atomic E-state index is 11.6. The minimum absolute atomic E-state index is 0.124. The summed E-state index contributed by atoms with van der Waals surface area (Å²) in [7, 11) is 1.84. The molecule has 0 spiro atoms. The van der Waals surface area contributed by atoms with Crippen LogP contribution in [0.15, 0.2) is 30.3 Å². The Kier molecular flexibility index (Phi) is 7.89. The molecule has 0 bridgehead atoms. The van der Waals surface area contributed by atoms with Crippen LogP contribution in [-0.4, -0.2) is 36.8 Å². The summed E-state index contributed by atoms with van der Waals surface area (Å²) in [6, 6.07) is 8.32. The van der Waals surface area contributed by atoms with Crippen molar-refractivity contribution in [3.63, 3.8) is 0 Å². The van der Waals surface area contributed by atoms with E-state index >= 15 is 0 Å². The molecule has 1 aromatic rings. The van der Waals surface area contributed by atoms with Crippen LogP contribution in [0, 0.1) is 0 Å². The van der Waals surface area contributed by atoms with E-state index in [1.165, 1.54) is 0 Å². The number of carboxylic acids is 1. The van der Waals surface area contributed by atoms with Gasteiger partial charge in [0.05, 0.1) is 0 Å². The number of aliphatic carboxylic acids is 1. The minimum Gasteiger partial charge on any atom is -0.480 e. The molecule has 0 radical (unpaired) electrons. The molecule has 0 heterocycles. The zero-order valence-electron chi connectivity index (χ0n) is 12.2. The van der Waals surface area contributed by atoms with Gasteiger partial charge < -0.3 is 20.5 Å². The molecule has 6 heteroatoms. The number of carbonyl (C=O) groups is 2. The van der Waals surface area contributed by atoms with Gasteiger partial charge in [-0.25, -0.2) is 9.59 Å². The zero-order valence-corrected chi connectivity index (χ0v) is 12.2. The van der Waals surface area contributed by atoms with Gasteiger partial charge in [0, 0.05) is 0 Å². The summed E-state index contributed by atoms with van der Waals surface area (Å²) in [6.07, 6.45) is 1.26. The summed E-state index contributed by atoms with van der Waals surface area (Å²) in [5, 5.41) is 14.5. The molecule has 0 fully saturated rings. The minimum atomic E-state index is -1.05. The Morgan fingerprint density at radius 1 is 1.24 bits per heavy atom. The van der Waals surface area contributed by atoms with Crippen molar-refractivity contribution in [3.05, 3.63) is 35.9 Å². The first-order chi connectivity index (χ1) is 10.1. The molecule has 0 saturated heterocycles. The molecule has 0 aliphatic heterocycles. The fraction of sp³-hybridized carbons (Fsp3) is 0.467. The molecule has 0 aromatic heterocycles. The second-order valence-corrected chi connectivity index (χ2v) is 4.70. The summed E-state index contributed by atoms with van der Waals surface area (Å²) in [4.78, 5) is 22.7. The molecule has 0 saturated carbocycles. The number of amides is 1. The van der Waals surface area contributed by atoms with Gasteiger partial charge >= 0.3 is 12.1 Å². The fourth-order valence-electron chi connectivity index (χ4n) is 1.81. The fourth-order valence-corrected chi connectivity index (χ4v) is 1.81. The van der Waals surface area contributed by atoms with Crippen LogP contribution in [0.1, 0.15) is 24.8 Å². The first-order valence-electron chi connectivity index (χ1n) is 6.98. The van der Waals surface area contributed by atoms with Gasteiger partial charge in [0.15, 0.2) is 0 Å². The van der Waals surface area contributed by atoms with Gasteiger partial charge in [-0.2, -0.15) is 0 Å². The van der Waals surface area contributed by atoms with Crippen molar-refractivity contribution in [2.24, 2.45) is 0 Å². The lowest BCUT2D eigenvalue weighted by Crippen LogP contribution is -2.41. The van der Waals surface area contributed by atoms with Crippen LogP contribution < -0.4 is 10.6 Å². The second kappa shape index (κ2) is 9.77. The molecule has 21 heavy (non-hydrogen) atoms. The molecule has 1 rings (SSSR count). The number of hydrogen-bond acceptors (Lipinski definition) is 4. The van der Waals surface area contributed by atoms with Gasteiger partial charge in [-0.05, 0) is 38.4 Å². The molecule has 6 nitrogen and oxygen atoms in total. The lowest BCUT2D eigenvalue weighted by Gasteiger charge is -2.14. The zero-order chi connectivity index (χ0) is 15.5. The predicted octanol–water partition coefficient (Wildman–Crippen LogP) is 1.76. The van der Waals surface area contributed by atoms with Crippen LogP contribution in [0.3, 0.4) is 0 Å². The highest BCUT2D eigenvalue weighted by Crippen LogP contribution is 2.04. The molecule has 116 valence electrons. The quantitative estimate of drug-likeness (QED) is 0.604. The van der Waals surface area contributed by atoms with Gasteiger partial charge in [0.1, 0.15) is 12.6 Å². The molecule has 3 N–H and O–H groups in total. The molecule has 1 amide bonds. The Hall–Kier alpha value is -2.08. The standard InChI is InChI=1S/C15H22N2O4/c1-16-10-6-5-9-13(14(18)19)17-15(20)21-11-12-7-3-2-4-8-12/h2-4,7-8,13,16H,5-6,9-11H2,1H3,(H,17,20)(H,18,19). The summed E-state index contributed by atoms with van der Waals surface area (Å²) >= 11 is 0. The molecule has 0 aliphatic rings. The summed E-state index contributed by atoms with van der Waals surface area (Å²) in [6.45, 7) is 0.948. The highest BCUT2D eigenvalue weighted by molar-refractivity contribution is 5.79. The normalized spacial score (nSPS) is 11.7. The van der Waals surface area contributed by atoms with Crippen molar-refractivity contribution in [1.82, 2.24) is 10.6 Å². The Morgan fingerprint density at radius 3 is 2.57 bits per heavy atom. The Morgan fingerprint density at radius 2 is 1.95 bits per heavy atom. The number of carboxylic acid groups (broad SMARTS) is 1. The Labute approximate surface area is 124 Å². The Bertz CT molecular complexity index is 437. The highest BCUT2D eigenvalue weighted by Gasteiger charge is 2.20. The number of unbranched alkanes of at least 4 members (excludes halogenated alkanes) is 1. The van der Waals surface area contributed by atoms with E-state index in [0.29, 0.717) is 6.42 Å². The summed E-state index contributed by atoms with van der Waals surface area (Å²) in [5.41, 5.74) is 0.855. The summed E-state index contributed by atoms with van der Waals surface area (Å²) < 4.78 is 5.01. The molecular weight excluding hydrogens is 272 g/mol. The van der Waals surface area contributed by atoms with E-state index < -0.39 is 18.1 Å². The van der Waals surface area contributed by atoms with Crippen molar-refractivity contribution >= 4 is 12.1 Å². The number of benzene rings is 1. The van der Waals surface area contributed by atoms with E-state index in [2.05, 4.69) is 10.6 Å². The first-order valence-corrected chi connectivity index (χ1v) is 6.98. The van der Waals surface area contributed by atoms with Crippen molar-refractivity contribution in [2.75, 3.05) is 13.6 Å². The van der Waals surface area contributed by atoms with E-state index in [4.69, 9.17) is 9.84 Å². The molecule has 0 aliphatic carbocycles. The van der Waals surface area contributed by atoms with Crippen LogP contribution >= 0.6 is 0 Å². The molecule has 1 unspecified atom stereocenters. The van der Waals surface area contributed by atoms with Gasteiger partial charge in [0.2, 0.25) is 0 Å². The maximum absolute atomic E-state index is 11.6. The van der Waals surface area contributed by atoms with Gasteiger partial charge in [0.25, 0.3) is 0 Å². The third-order valence-electron chi connectivity index (χ3n) is 2.97. The first kappa shape index (κ1) is 17.0. The number of ether oxygens (including phenoxy) is 1. The SMILES string of the molecule is CNCCCCC(NC(=O)OCc1ccccc1)C(=O)O. The molecule has 1 aromatic carbocycles. The lowest BCUT2D eigenvalue weighted by molar-refractivity contribution is -0.139. The van der Waals surface area contributed by atoms with Gasteiger partial charge in [-0.1, -0.05) is 30.3 Å². The van der Waals surface area contributed by atoms with Crippen molar-refractivity contribution < 1.29 is 19.4 Å².